The van der Waals surface area contributed by atoms with Crippen LogP contribution in [-0.4, -0.2) is 29.3 Å². The van der Waals surface area contributed by atoms with E-state index >= 15 is 0 Å². The van der Waals surface area contributed by atoms with Crippen LogP contribution in [0.4, 0.5) is 4.79 Å². The van der Waals surface area contributed by atoms with E-state index in [1.165, 1.54) is 11.1 Å². The fourth-order valence-electron chi connectivity index (χ4n) is 2.70. The van der Waals surface area contributed by atoms with Crippen LogP contribution in [-0.2, 0) is 0 Å². The Morgan fingerprint density at radius 3 is 2.74 bits per heavy atom. The monoisotopic (exact) mass is 310 g/mol. The highest BCUT2D eigenvalue weighted by Gasteiger charge is 2.11. The Balaban J connectivity index is 1.83. The first kappa shape index (κ1) is 15.0. The predicted molar refractivity (Wildman–Crippen MR) is 90.0 cm³/mol. The summed E-state index contributed by atoms with van der Waals surface area (Å²) in [7, 11) is 0. The van der Waals surface area contributed by atoms with Gasteiger partial charge in [0.15, 0.2) is 0 Å². The van der Waals surface area contributed by atoms with Gasteiger partial charge in [-0.1, -0.05) is 30.3 Å². The third kappa shape index (κ3) is 3.29. The van der Waals surface area contributed by atoms with E-state index in [9.17, 15) is 4.79 Å². The predicted octanol–water partition coefficient (Wildman–Crippen LogP) is 3.79. The van der Waals surface area contributed by atoms with Crippen molar-refractivity contribution in [3.63, 3.8) is 0 Å². The highest BCUT2D eigenvalue weighted by Crippen LogP contribution is 2.33. The van der Waals surface area contributed by atoms with Crippen LogP contribution in [0.5, 0.6) is 5.75 Å². The Hall–Kier alpha value is -2.95. The minimum atomic E-state index is -1.04. The number of benzene rings is 2. The Bertz CT molecular complexity index is 825. The smallest absolute Gasteiger partial charge is 0.404 e. The molecule has 118 valence electrons. The number of nitrogens with one attached hydrogen (secondary N) is 2. The largest absolute Gasteiger partial charge is 0.492 e. The standard InChI is InChI=1S/C18H18N2O3/c1-12-17(13-5-3-2-4-6-13)15-8-7-14(11-16(15)20-12)23-10-9-19-18(21)22/h2-8,11,19-20H,9-10H2,1H3,(H,21,22). The van der Waals surface area contributed by atoms with E-state index < -0.39 is 6.09 Å². The van der Waals surface area contributed by atoms with Gasteiger partial charge in [-0.25, -0.2) is 4.79 Å². The molecule has 0 spiro atoms. The highest BCUT2D eigenvalue weighted by atomic mass is 16.5. The van der Waals surface area contributed by atoms with Gasteiger partial charge < -0.3 is 20.1 Å². The molecule has 23 heavy (non-hydrogen) atoms. The van der Waals surface area contributed by atoms with Gasteiger partial charge in [0, 0.05) is 28.2 Å². The number of hydrogen-bond acceptors (Lipinski definition) is 2. The van der Waals surface area contributed by atoms with Crippen molar-refractivity contribution in [2.45, 2.75) is 6.92 Å². The number of carboxylic acid groups (broad SMARTS) is 1. The summed E-state index contributed by atoms with van der Waals surface area (Å²) >= 11 is 0. The van der Waals surface area contributed by atoms with Gasteiger partial charge in [0.1, 0.15) is 12.4 Å². The molecule has 0 radical (unpaired) electrons. The van der Waals surface area contributed by atoms with Crippen LogP contribution in [0.1, 0.15) is 5.69 Å². The van der Waals surface area contributed by atoms with E-state index in [1.807, 2.05) is 36.4 Å². The first-order valence-corrected chi connectivity index (χ1v) is 7.42. The molecule has 0 aliphatic heterocycles. The van der Waals surface area contributed by atoms with Crippen molar-refractivity contribution in [3.8, 4) is 16.9 Å². The van der Waals surface area contributed by atoms with Gasteiger partial charge in [0.05, 0.1) is 6.54 Å². The van der Waals surface area contributed by atoms with Crippen molar-refractivity contribution in [1.29, 1.82) is 0 Å². The number of aromatic nitrogens is 1. The van der Waals surface area contributed by atoms with Crippen molar-refractivity contribution in [2.75, 3.05) is 13.2 Å². The molecule has 3 aromatic rings. The first-order chi connectivity index (χ1) is 11.1. The molecule has 0 atom stereocenters. The molecular weight excluding hydrogens is 292 g/mol. The van der Waals surface area contributed by atoms with Gasteiger partial charge in [-0.05, 0) is 24.6 Å². The molecule has 0 unspecified atom stereocenters. The second kappa shape index (κ2) is 6.44. The number of hydrogen-bond donors (Lipinski definition) is 3. The van der Waals surface area contributed by atoms with E-state index in [0.717, 1.165) is 16.6 Å². The fourth-order valence-corrected chi connectivity index (χ4v) is 2.70. The quantitative estimate of drug-likeness (QED) is 0.628. The summed E-state index contributed by atoms with van der Waals surface area (Å²) in [5, 5.41) is 11.9. The van der Waals surface area contributed by atoms with Crippen LogP contribution in [0, 0.1) is 6.92 Å². The number of H-pyrrole nitrogens is 1. The van der Waals surface area contributed by atoms with Crippen molar-refractivity contribution in [2.24, 2.45) is 0 Å². The summed E-state index contributed by atoms with van der Waals surface area (Å²) in [5.41, 5.74) is 4.48. The number of carbonyl (C=O) groups is 1. The minimum Gasteiger partial charge on any atom is -0.492 e. The summed E-state index contributed by atoms with van der Waals surface area (Å²) in [4.78, 5) is 13.8. The molecule has 0 aliphatic rings. The summed E-state index contributed by atoms with van der Waals surface area (Å²) in [5.74, 6) is 0.713. The molecule has 0 aliphatic carbocycles. The molecule has 0 fully saturated rings. The average molecular weight is 310 g/mol. The van der Waals surface area contributed by atoms with Crippen LogP contribution in [0.2, 0.25) is 0 Å². The SMILES string of the molecule is Cc1[nH]c2cc(OCCNC(=O)O)ccc2c1-c1ccccc1. The maximum absolute atomic E-state index is 10.4. The fraction of sp³-hybridized carbons (Fsp3) is 0.167. The third-order valence-electron chi connectivity index (χ3n) is 3.67. The summed E-state index contributed by atoms with van der Waals surface area (Å²) in [6.45, 7) is 2.61. The Kier molecular flexibility index (Phi) is 4.19. The molecule has 0 bridgehead atoms. The highest BCUT2D eigenvalue weighted by molar-refractivity contribution is 5.98. The molecule has 1 amide bonds. The van der Waals surface area contributed by atoms with Crippen LogP contribution >= 0.6 is 0 Å². The minimum absolute atomic E-state index is 0.256. The molecule has 1 heterocycles. The lowest BCUT2D eigenvalue weighted by Crippen LogP contribution is -2.26. The molecule has 5 nitrogen and oxygen atoms in total. The van der Waals surface area contributed by atoms with Crippen LogP contribution < -0.4 is 10.1 Å². The molecule has 5 heteroatoms. The van der Waals surface area contributed by atoms with Crippen LogP contribution in [0.15, 0.2) is 48.5 Å². The first-order valence-electron chi connectivity index (χ1n) is 7.42. The van der Waals surface area contributed by atoms with Gasteiger partial charge in [-0.15, -0.1) is 0 Å². The van der Waals surface area contributed by atoms with E-state index in [1.54, 1.807) is 0 Å². The van der Waals surface area contributed by atoms with Gasteiger partial charge in [-0.2, -0.15) is 0 Å². The zero-order valence-corrected chi connectivity index (χ0v) is 12.8. The number of amides is 1. The average Bonchev–Trinajstić information content (AvgIpc) is 2.87. The van der Waals surface area contributed by atoms with Crippen molar-refractivity contribution >= 4 is 17.0 Å². The summed E-state index contributed by atoms with van der Waals surface area (Å²) in [6, 6.07) is 16.1. The number of aromatic amines is 1. The Morgan fingerprint density at radius 2 is 2.00 bits per heavy atom. The summed E-state index contributed by atoms with van der Waals surface area (Å²) < 4.78 is 5.57. The van der Waals surface area contributed by atoms with Gasteiger partial charge >= 0.3 is 6.09 Å². The zero-order valence-electron chi connectivity index (χ0n) is 12.8. The number of rotatable bonds is 5. The van der Waals surface area contributed by atoms with Crippen LogP contribution in [0.3, 0.4) is 0 Å². The third-order valence-corrected chi connectivity index (χ3v) is 3.67. The van der Waals surface area contributed by atoms with Crippen molar-refractivity contribution < 1.29 is 14.6 Å². The lowest BCUT2D eigenvalue weighted by atomic mass is 10.0. The molecular formula is C18H18N2O3. The maximum Gasteiger partial charge on any atom is 0.404 e. The normalized spacial score (nSPS) is 10.7. The topological polar surface area (TPSA) is 74.3 Å². The Morgan fingerprint density at radius 1 is 1.22 bits per heavy atom. The molecule has 2 aromatic carbocycles. The van der Waals surface area contributed by atoms with E-state index in [0.29, 0.717) is 12.4 Å². The maximum atomic E-state index is 10.4. The molecule has 0 saturated heterocycles. The molecule has 0 saturated carbocycles. The second-order valence-corrected chi connectivity index (χ2v) is 5.28. The zero-order chi connectivity index (χ0) is 16.2. The van der Waals surface area contributed by atoms with Gasteiger partial charge in [-0.3, -0.25) is 0 Å². The van der Waals surface area contributed by atoms with Crippen molar-refractivity contribution in [1.82, 2.24) is 10.3 Å². The molecule has 3 rings (SSSR count). The van der Waals surface area contributed by atoms with Crippen molar-refractivity contribution in [3.05, 3.63) is 54.2 Å². The van der Waals surface area contributed by atoms with Gasteiger partial charge in [0.25, 0.3) is 0 Å². The lowest BCUT2D eigenvalue weighted by molar-refractivity contribution is 0.191. The number of aryl methyl sites for hydroxylation is 1. The number of ether oxygens (including phenoxy) is 1. The van der Waals surface area contributed by atoms with E-state index in [-0.39, 0.29) is 6.54 Å². The van der Waals surface area contributed by atoms with Crippen LogP contribution in [0.25, 0.3) is 22.0 Å². The number of fused-ring (bicyclic) bond motifs is 1. The summed E-state index contributed by atoms with van der Waals surface area (Å²) in [6.07, 6.45) is -1.04. The Labute approximate surface area is 133 Å². The van der Waals surface area contributed by atoms with E-state index in [2.05, 4.69) is 29.4 Å². The van der Waals surface area contributed by atoms with Gasteiger partial charge in [0.2, 0.25) is 0 Å². The van der Waals surface area contributed by atoms with E-state index in [4.69, 9.17) is 9.84 Å². The second-order valence-electron chi connectivity index (χ2n) is 5.28. The molecule has 3 N–H and O–H groups in total. The molecule has 1 aromatic heterocycles. The lowest BCUT2D eigenvalue weighted by Gasteiger charge is -2.06.